The van der Waals surface area contributed by atoms with E-state index in [9.17, 15) is 4.79 Å². The molecule has 0 amide bonds. The quantitative estimate of drug-likeness (QED) is 0.752. The van der Waals surface area contributed by atoms with Crippen LogP contribution in [0.2, 0.25) is 0 Å². The van der Waals surface area contributed by atoms with Crippen molar-refractivity contribution in [3.8, 4) is 5.75 Å². The van der Waals surface area contributed by atoms with Crippen LogP contribution in [-0.2, 0) is 9.63 Å². The average Bonchev–Trinajstić information content (AvgIpc) is 2.59. The van der Waals surface area contributed by atoms with Gasteiger partial charge in [-0.1, -0.05) is 37.3 Å². The molecular weight excluding hydrogens is 278 g/mol. The number of carbonyl (C=O) groups is 1. The third-order valence-electron chi connectivity index (χ3n) is 3.45. The van der Waals surface area contributed by atoms with Crippen LogP contribution in [-0.4, -0.2) is 13.1 Å². The van der Waals surface area contributed by atoms with Gasteiger partial charge in [-0.25, -0.2) is 4.79 Å². The molecule has 0 aliphatic heterocycles. The topological polar surface area (TPSA) is 38.8 Å². The van der Waals surface area contributed by atoms with Gasteiger partial charge >= 0.3 is 5.97 Å². The van der Waals surface area contributed by atoms with Gasteiger partial charge in [0.15, 0.2) is 0 Å². The van der Waals surface area contributed by atoms with Crippen molar-refractivity contribution in [2.75, 3.05) is 12.2 Å². The number of methoxy groups -OCH3 is 1. The van der Waals surface area contributed by atoms with Crippen LogP contribution in [0.5, 0.6) is 5.75 Å². The van der Waals surface area contributed by atoms with Crippen molar-refractivity contribution in [2.45, 2.75) is 26.3 Å². The number of anilines is 1. The Morgan fingerprint density at radius 2 is 1.73 bits per heavy atom. The summed E-state index contributed by atoms with van der Waals surface area (Å²) in [5.74, 6) is 0.497. The second-order valence-electron chi connectivity index (χ2n) is 4.93. The third-order valence-corrected chi connectivity index (χ3v) is 3.45. The summed E-state index contributed by atoms with van der Waals surface area (Å²) in [6.07, 6.45) is 0.328. The minimum absolute atomic E-state index is 0.0925. The molecule has 2 aromatic rings. The third kappa shape index (κ3) is 3.79. The van der Waals surface area contributed by atoms with E-state index >= 15 is 0 Å². The van der Waals surface area contributed by atoms with Crippen LogP contribution in [0.15, 0.2) is 54.6 Å². The van der Waals surface area contributed by atoms with Gasteiger partial charge in [0.25, 0.3) is 0 Å². The first-order valence-electron chi connectivity index (χ1n) is 7.34. The molecule has 0 radical (unpaired) electrons. The van der Waals surface area contributed by atoms with E-state index in [1.165, 1.54) is 0 Å². The van der Waals surface area contributed by atoms with E-state index < -0.39 is 0 Å². The van der Waals surface area contributed by atoms with Gasteiger partial charge in [0.1, 0.15) is 5.75 Å². The molecule has 0 saturated heterocycles. The number of ether oxygens (including phenoxy) is 1. The lowest BCUT2D eigenvalue weighted by Crippen LogP contribution is -2.29. The van der Waals surface area contributed by atoms with E-state index in [1.807, 2.05) is 61.5 Å². The molecule has 0 spiro atoms. The molecule has 4 heteroatoms. The Balaban J connectivity index is 2.30. The van der Waals surface area contributed by atoms with Gasteiger partial charge in [-0.3, -0.25) is 0 Å². The molecular formula is C18H21NO3. The van der Waals surface area contributed by atoms with Crippen molar-refractivity contribution >= 4 is 11.7 Å². The molecule has 1 atom stereocenters. The van der Waals surface area contributed by atoms with Crippen LogP contribution in [0.1, 0.15) is 31.9 Å². The van der Waals surface area contributed by atoms with Gasteiger partial charge in [0.2, 0.25) is 0 Å². The molecule has 0 bridgehead atoms. The average molecular weight is 299 g/mol. The van der Waals surface area contributed by atoms with Crippen molar-refractivity contribution in [2.24, 2.45) is 0 Å². The highest BCUT2D eigenvalue weighted by Gasteiger charge is 2.20. The number of carbonyl (C=O) groups excluding carboxylic acids is 1. The van der Waals surface area contributed by atoms with Gasteiger partial charge in [-0.2, -0.15) is 5.06 Å². The number of rotatable bonds is 6. The molecule has 0 aliphatic carbocycles. The molecule has 0 aromatic heterocycles. The summed E-state index contributed by atoms with van der Waals surface area (Å²) in [7, 11) is 1.62. The van der Waals surface area contributed by atoms with Crippen LogP contribution >= 0.6 is 0 Å². The lowest BCUT2D eigenvalue weighted by molar-refractivity contribution is -0.145. The van der Waals surface area contributed by atoms with E-state index in [0.717, 1.165) is 17.0 Å². The highest BCUT2D eigenvalue weighted by atomic mass is 16.7. The zero-order valence-corrected chi connectivity index (χ0v) is 13.2. The molecule has 2 rings (SSSR count). The number of hydrogen-bond acceptors (Lipinski definition) is 4. The minimum atomic E-state index is -0.265. The Morgan fingerprint density at radius 1 is 1.09 bits per heavy atom. The summed E-state index contributed by atoms with van der Waals surface area (Å²) in [6, 6.07) is 17.3. The molecule has 1 unspecified atom stereocenters. The lowest BCUT2D eigenvalue weighted by Gasteiger charge is -2.29. The Labute approximate surface area is 131 Å². The molecule has 0 heterocycles. The highest BCUT2D eigenvalue weighted by molar-refractivity contribution is 5.70. The first-order valence-corrected chi connectivity index (χ1v) is 7.34. The van der Waals surface area contributed by atoms with E-state index in [0.29, 0.717) is 6.42 Å². The maximum atomic E-state index is 11.8. The summed E-state index contributed by atoms with van der Waals surface area (Å²) in [6.45, 7) is 3.78. The zero-order valence-electron chi connectivity index (χ0n) is 13.2. The Hall–Kier alpha value is -2.49. The number of benzene rings is 2. The molecule has 0 saturated carbocycles. The van der Waals surface area contributed by atoms with E-state index in [-0.39, 0.29) is 12.0 Å². The van der Waals surface area contributed by atoms with Crippen molar-refractivity contribution in [3.05, 3.63) is 60.2 Å². The molecule has 116 valence electrons. The maximum Gasteiger partial charge on any atom is 0.332 e. The zero-order chi connectivity index (χ0) is 15.9. The van der Waals surface area contributed by atoms with Crippen molar-refractivity contribution in [1.82, 2.24) is 0 Å². The number of hydrogen-bond donors (Lipinski definition) is 0. The summed E-state index contributed by atoms with van der Waals surface area (Å²) >= 11 is 0. The van der Waals surface area contributed by atoms with Gasteiger partial charge in [0.05, 0.1) is 18.8 Å². The minimum Gasteiger partial charge on any atom is -0.497 e. The van der Waals surface area contributed by atoms with Crippen LogP contribution in [0.4, 0.5) is 5.69 Å². The highest BCUT2D eigenvalue weighted by Crippen LogP contribution is 2.29. The first kappa shape index (κ1) is 15.9. The van der Waals surface area contributed by atoms with Crippen LogP contribution in [0, 0.1) is 0 Å². The SMILES string of the molecule is CCC(=O)ON(c1ccc(OC)cc1)C(C)c1ccccc1. The van der Waals surface area contributed by atoms with E-state index in [1.54, 1.807) is 19.1 Å². The largest absolute Gasteiger partial charge is 0.497 e. The Morgan fingerprint density at radius 3 is 2.27 bits per heavy atom. The molecule has 22 heavy (non-hydrogen) atoms. The molecule has 0 N–H and O–H groups in total. The fourth-order valence-corrected chi connectivity index (χ4v) is 2.13. The van der Waals surface area contributed by atoms with Gasteiger partial charge in [-0.15, -0.1) is 0 Å². The predicted octanol–water partition coefficient (Wildman–Crippen LogP) is 4.13. The second kappa shape index (κ2) is 7.50. The number of nitrogens with zero attached hydrogens (tertiary/aromatic N) is 1. The smallest absolute Gasteiger partial charge is 0.332 e. The van der Waals surface area contributed by atoms with Gasteiger partial charge < -0.3 is 9.57 Å². The van der Waals surface area contributed by atoms with Crippen LogP contribution < -0.4 is 9.80 Å². The first-order chi connectivity index (χ1) is 10.7. The van der Waals surface area contributed by atoms with Crippen LogP contribution in [0.25, 0.3) is 0 Å². The molecule has 0 fully saturated rings. The Kier molecular flexibility index (Phi) is 5.42. The maximum absolute atomic E-state index is 11.8. The summed E-state index contributed by atoms with van der Waals surface area (Å²) in [4.78, 5) is 17.3. The fraction of sp³-hybridized carbons (Fsp3) is 0.278. The fourth-order valence-electron chi connectivity index (χ4n) is 2.13. The van der Waals surface area contributed by atoms with Crippen LogP contribution in [0.3, 0.4) is 0 Å². The molecule has 2 aromatic carbocycles. The summed E-state index contributed by atoms with van der Waals surface area (Å²) < 4.78 is 5.17. The van der Waals surface area contributed by atoms with Crippen molar-refractivity contribution < 1.29 is 14.4 Å². The van der Waals surface area contributed by atoms with E-state index in [4.69, 9.17) is 9.57 Å². The molecule has 0 aliphatic rings. The summed E-state index contributed by atoms with van der Waals surface area (Å²) in [5.41, 5.74) is 1.88. The number of hydroxylamine groups is 1. The predicted molar refractivity (Wildman–Crippen MR) is 86.7 cm³/mol. The summed E-state index contributed by atoms with van der Waals surface area (Å²) in [5, 5.41) is 1.64. The Bertz CT molecular complexity index is 595. The van der Waals surface area contributed by atoms with Crippen molar-refractivity contribution in [1.29, 1.82) is 0 Å². The normalized spacial score (nSPS) is 11.6. The second-order valence-corrected chi connectivity index (χ2v) is 4.93. The van der Waals surface area contributed by atoms with Gasteiger partial charge in [0, 0.05) is 6.42 Å². The molecule has 4 nitrogen and oxygen atoms in total. The lowest BCUT2D eigenvalue weighted by atomic mass is 10.1. The standard InChI is InChI=1S/C18H21NO3/c1-4-18(20)22-19(14(2)15-8-6-5-7-9-15)16-10-12-17(21-3)13-11-16/h5-14H,4H2,1-3H3. The monoisotopic (exact) mass is 299 g/mol. The van der Waals surface area contributed by atoms with E-state index in [2.05, 4.69) is 0 Å². The van der Waals surface area contributed by atoms with Crippen molar-refractivity contribution in [3.63, 3.8) is 0 Å². The van der Waals surface area contributed by atoms with Gasteiger partial charge in [-0.05, 0) is 36.8 Å².